The maximum atomic E-state index is 12.3. The zero-order valence-electron chi connectivity index (χ0n) is 13.9. The van der Waals surface area contributed by atoms with Crippen molar-refractivity contribution >= 4 is 28.3 Å². The molecule has 3 aromatic carbocycles. The van der Waals surface area contributed by atoms with E-state index in [1.54, 1.807) is 18.2 Å². The van der Waals surface area contributed by atoms with Gasteiger partial charge in [0.25, 0.3) is 11.6 Å². The number of hydrogen-bond acceptors (Lipinski definition) is 5. The number of rotatable bonds is 4. The summed E-state index contributed by atoms with van der Waals surface area (Å²) in [5, 5.41) is 22.3. The Kier molecular flexibility index (Phi) is 4.06. The summed E-state index contributed by atoms with van der Waals surface area (Å²) in [6.07, 6.45) is 0. The Balaban J connectivity index is 1.57. The number of hydrogen-bond donors (Lipinski definition) is 1. The SMILES string of the molecule is O=C(Nc1ccc2nn(-c3ccccc3)nc2c1)c1ccc([N+](=O)[O-])cc1. The highest BCUT2D eigenvalue weighted by molar-refractivity contribution is 6.05. The molecule has 8 heteroatoms. The Morgan fingerprint density at radius 3 is 2.33 bits per heavy atom. The molecule has 27 heavy (non-hydrogen) atoms. The van der Waals surface area contributed by atoms with E-state index in [1.165, 1.54) is 29.1 Å². The summed E-state index contributed by atoms with van der Waals surface area (Å²) in [5.41, 5.74) is 3.00. The van der Waals surface area contributed by atoms with Gasteiger partial charge in [-0.25, -0.2) is 0 Å². The van der Waals surface area contributed by atoms with Crippen LogP contribution < -0.4 is 5.32 Å². The summed E-state index contributed by atoms with van der Waals surface area (Å²) in [7, 11) is 0. The average molecular weight is 359 g/mol. The first kappa shape index (κ1) is 16.4. The molecule has 0 radical (unpaired) electrons. The number of amides is 1. The molecular weight excluding hydrogens is 346 g/mol. The predicted octanol–water partition coefficient (Wildman–Crippen LogP) is 3.58. The zero-order chi connectivity index (χ0) is 18.8. The highest BCUT2D eigenvalue weighted by Gasteiger charge is 2.11. The molecular formula is C19H13N5O3. The van der Waals surface area contributed by atoms with Crippen LogP contribution in [-0.2, 0) is 0 Å². The number of fused-ring (bicyclic) bond motifs is 1. The third-order valence-corrected chi connectivity index (χ3v) is 3.97. The van der Waals surface area contributed by atoms with Gasteiger partial charge in [-0.05, 0) is 42.5 Å². The minimum atomic E-state index is -0.508. The van der Waals surface area contributed by atoms with Gasteiger partial charge in [0, 0.05) is 23.4 Å². The van der Waals surface area contributed by atoms with Crippen molar-refractivity contribution in [1.29, 1.82) is 0 Å². The lowest BCUT2D eigenvalue weighted by atomic mass is 10.2. The highest BCUT2D eigenvalue weighted by atomic mass is 16.6. The van der Waals surface area contributed by atoms with Crippen molar-refractivity contribution in [2.24, 2.45) is 0 Å². The number of nitrogens with one attached hydrogen (secondary N) is 1. The van der Waals surface area contributed by atoms with E-state index in [2.05, 4.69) is 15.5 Å². The first-order valence-corrected chi connectivity index (χ1v) is 8.08. The minimum Gasteiger partial charge on any atom is -0.322 e. The van der Waals surface area contributed by atoms with Crippen LogP contribution in [0, 0.1) is 10.1 Å². The number of benzene rings is 3. The second-order valence-corrected chi connectivity index (χ2v) is 5.79. The Bertz CT molecular complexity index is 1140. The van der Waals surface area contributed by atoms with Crippen LogP contribution in [0.2, 0.25) is 0 Å². The highest BCUT2D eigenvalue weighted by Crippen LogP contribution is 2.19. The van der Waals surface area contributed by atoms with Crippen molar-refractivity contribution in [3.8, 4) is 5.69 Å². The van der Waals surface area contributed by atoms with Crippen LogP contribution in [0.5, 0.6) is 0 Å². The van der Waals surface area contributed by atoms with Gasteiger partial charge in [-0.15, -0.1) is 10.2 Å². The van der Waals surface area contributed by atoms with E-state index in [0.29, 0.717) is 22.3 Å². The number of para-hydroxylation sites is 1. The number of carbonyl (C=O) groups excluding carboxylic acids is 1. The molecule has 0 fully saturated rings. The van der Waals surface area contributed by atoms with Crippen LogP contribution in [0.3, 0.4) is 0 Å². The maximum absolute atomic E-state index is 12.3. The lowest BCUT2D eigenvalue weighted by molar-refractivity contribution is -0.384. The molecule has 1 aromatic heterocycles. The van der Waals surface area contributed by atoms with Gasteiger partial charge in [0.05, 0.1) is 10.6 Å². The van der Waals surface area contributed by atoms with Crippen LogP contribution in [-0.4, -0.2) is 25.8 Å². The van der Waals surface area contributed by atoms with Gasteiger partial charge < -0.3 is 5.32 Å². The first-order chi connectivity index (χ1) is 13.1. The minimum absolute atomic E-state index is 0.0644. The van der Waals surface area contributed by atoms with Crippen LogP contribution in [0.4, 0.5) is 11.4 Å². The normalized spacial score (nSPS) is 10.7. The topological polar surface area (TPSA) is 103 Å². The number of nitrogens with zero attached hydrogens (tertiary/aromatic N) is 4. The van der Waals surface area contributed by atoms with Gasteiger partial charge >= 0.3 is 0 Å². The van der Waals surface area contributed by atoms with Gasteiger partial charge in [-0.3, -0.25) is 14.9 Å². The van der Waals surface area contributed by atoms with Gasteiger partial charge in [-0.1, -0.05) is 18.2 Å². The number of anilines is 1. The van der Waals surface area contributed by atoms with Gasteiger partial charge in [0.15, 0.2) is 0 Å². The number of nitro benzene ring substituents is 1. The fourth-order valence-electron chi connectivity index (χ4n) is 2.61. The Hall–Kier alpha value is -4.07. The summed E-state index contributed by atoms with van der Waals surface area (Å²) < 4.78 is 0. The standard InChI is InChI=1S/C19H13N5O3/c25-19(13-6-9-16(10-7-13)24(26)27)20-14-8-11-17-18(12-14)22-23(21-17)15-4-2-1-3-5-15/h1-12H,(H,20,25). The lowest BCUT2D eigenvalue weighted by Crippen LogP contribution is -2.11. The molecule has 1 N–H and O–H groups in total. The van der Waals surface area contributed by atoms with Crippen LogP contribution >= 0.6 is 0 Å². The van der Waals surface area contributed by atoms with E-state index in [4.69, 9.17) is 0 Å². The third-order valence-electron chi connectivity index (χ3n) is 3.97. The van der Waals surface area contributed by atoms with Crippen molar-refractivity contribution < 1.29 is 9.72 Å². The number of aromatic nitrogens is 3. The summed E-state index contributed by atoms with van der Waals surface area (Å²) >= 11 is 0. The molecule has 0 saturated heterocycles. The number of nitro groups is 1. The fraction of sp³-hybridized carbons (Fsp3) is 0. The predicted molar refractivity (Wildman–Crippen MR) is 99.9 cm³/mol. The van der Waals surface area contributed by atoms with Gasteiger partial charge in [-0.2, -0.15) is 4.80 Å². The molecule has 1 amide bonds. The molecule has 0 aliphatic carbocycles. The molecule has 0 aliphatic heterocycles. The monoisotopic (exact) mass is 359 g/mol. The van der Waals surface area contributed by atoms with Crippen LogP contribution in [0.25, 0.3) is 16.7 Å². The molecule has 0 atom stereocenters. The van der Waals surface area contributed by atoms with Gasteiger partial charge in [0.2, 0.25) is 0 Å². The smallest absolute Gasteiger partial charge is 0.269 e. The van der Waals surface area contributed by atoms with E-state index in [0.717, 1.165) is 5.69 Å². The Morgan fingerprint density at radius 2 is 1.63 bits per heavy atom. The fourth-order valence-corrected chi connectivity index (χ4v) is 2.61. The molecule has 0 bridgehead atoms. The van der Waals surface area contributed by atoms with E-state index in [1.807, 2.05) is 30.3 Å². The van der Waals surface area contributed by atoms with E-state index < -0.39 is 4.92 Å². The second-order valence-electron chi connectivity index (χ2n) is 5.79. The average Bonchev–Trinajstić information content (AvgIpc) is 3.12. The quantitative estimate of drug-likeness (QED) is 0.443. The number of non-ortho nitro benzene ring substituents is 1. The Morgan fingerprint density at radius 1 is 0.926 bits per heavy atom. The molecule has 0 aliphatic rings. The van der Waals surface area contributed by atoms with Crippen molar-refractivity contribution in [3.63, 3.8) is 0 Å². The van der Waals surface area contributed by atoms with E-state index >= 15 is 0 Å². The molecule has 0 unspecified atom stereocenters. The molecule has 8 nitrogen and oxygen atoms in total. The first-order valence-electron chi connectivity index (χ1n) is 8.08. The summed E-state index contributed by atoms with van der Waals surface area (Å²) in [4.78, 5) is 24.1. The second kappa shape index (κ2) is 6.68. The van der Waals surface area contributed by atoms with Crippen LogP contribution in [0.15, 0.2) is 72.8 Å². The van der Waals surface area contributed by atoms with Crippen molar-refractivity contribution in [3.05, 3.63) is 88.5 Å². The largest absolute Gasteiger partial charge is 0.322 e. The van der Waals surface area contributed by atoms with Crippen molar-refractivity contribution in [2.75, 3.05) is 5.32 Å². The van der Waals surface area contributed by atoms with Gasteiger partial charge in [0.1, 0.15) is 11.0 Å². The number of carbonyl (C=O) groups is 1. The molecule has 4 aromatic rings. The third kappa shape index (κ3) is 3.36. The summed E-state index contributed by atoms with van der Waals surface area (Å²) in [6.45, 7) is 0. The van der Waals surface area contributed by atoms with Crippen molar-refractivity contribution in [2.45, 2.75) is 0 Å². The Labute approximate surface area is 153 Å². The molecule has 0 spiro atoms. The lowest BCUT2D eigenvalue weighted by Gasteiger charge is -2.04. The van der Waals surface area contributed by atoms with Crippen molar-refractivity contribution in [1.82, 2.24) is 15.0 Å². The summed E-state index contributed by atoms with van der Waals surface area (Å²) in [6, 6.07) is 20.2. The van der Waals surface area contributed by atoms with E-state index in [9.17, 15) is 14.9 Å². The molecule has 132 valence electrons. The molecule has 1 heterocycles. The zero-order valence-corrected chi connectivity index (χ0v) is 13.9. The van der Waals surface area contributed by atoms with E-state index in [-0.39, 0.29) is 11.6 Å². The van der Waals surface area contributed by atoms with Crippen LogP contribution in [0.1, 0.15) is 10.4 Å². The maximum Gasteiger partial charge on any atom is 0.269 e. The molecule has 0 saturated carbocycles. The summed E-state index contributed by atoms with van der Waals surface area (Å²) in [5.74, 6) is -0.361. The molecule has 4 rings (SSSR count).